The van der Waals surface area contributed by atoms with E-state index in [1.807, 2.05) is 96.1 Å². The number of urea groups is 1. The van der Waals surface area contributed by atoms with Gasteiger partial charge in [0, 0.05) is 30.9 Å². The summed E-state index contributed by atoms with van der Waals surface area (Å²) >= 11 is 8.12. The van der Waals surface area contributed by atoms with Crippen molar-refractivity contribution < 1.29 is 9.59 Å². The minimum Gasteiger partial charge on any atom is -0.307 e. The molecule has 2 heterocycles. The monoisotopic (exact) mass is 674 g/mol. The number of fused-ring (bicyclic) bond motifs is 2. The van der Waals surface area contributed by atoms with Gasteiger partial charge in [-0.3, -0.25) is 9.69 Å². The van der Waals surface area contributed by atoms with E-state index in [0.717, 1.165) is 31.2 Å². The molecule has 3 amide bonds. The number of amides is 3. The van der Waals surface area contributed by atoms with Crippen LogP contribution in [0.5, 0.6) is 0 Å². The van der Waals surface area contributed by atoms with Gasteiger partial charge in [-0.1, -0.05) is 77.5 Å². The second-order valence-corrected chi connectivity index (χ2v) is 14.0. The van der Waals surface area contributed by atoms with Gasteiger partial charge in [-0.2, -0.15) is 0 Å². The molecule has 1 aliphatic heterocycles. The van der Waals surface area contributed by atoms with Crippen molar-refractivity contribution in [2.24, 2.45) is 0 Å². The third-order valence-electron chi connectivity index (χ3n) is 6.86. The molecule has 4 aromatic rings. The first kappa shape index (κ1) is 28.8. The number of para-hydroxylation sites is 1. The number of aromatic nitrogens is 1. The van der Waals surface area contributed by atoms with Crippen LogP contribution >= 0.6 is 50.8 Å². The summed E-state index contributed by atoms with van der Waals surface area (Å²) < 4.78 is 1.00. The molecule has 1 aromatic heterocycles. The van der Waals surface area contributed by atoms with Crippen LogP contribution in [0.1, 0.15) is 13.3 Å². The Morgan fingerprint density at radius 1 is 1.02 bits per heavy atom. The van der Waals surface area contributed by atoms with Crippen molar-refractivity contribution in [3.8, 4) is 11.3 Å². The van der Waals surface area contributed by atoms with Gasteiger partial charge in [0.1, 0.15) is 0 Å². The summed E-state index contributed by atoms with van der Waals surface area (Å²) in [7, 11) is 0. The lowest BCUT2D eigenvalue weighted by atomic mass is 10.1. The first-order chi connectivity index (χ1) is 20.5. The number of nitrogens with zero attached hydrogens (tertiary/aromatic N) is 2. The van der Waals surface area contributed by atoms with E-state index in [0.29, 0.717) is 17.2 Å². The average molecular weight is 676 g/mol. The molecule has 3 aromatic carbocycles. The van der Waals surface area contributed by atoms with E-state index in [2.05, 4.69) is 49.8 Å². The minimum absolute atomic E-state index is 0.0734. The lowest BCUT2D eigenvalue weighted by molar-refractivity contribution is -0.115. The Kier molecular flexibility index (Phi) is 8.85. The van der Waals surface area contributed by atoms with Gasteiger partial charge in [0.15, 0.2) is 5.13 Å². The highest BCUT2D eigenvalue weighted by Gasteiger charge is 2.36. The Balaban J connectivity index is 1.13. The van der Waals surface area contributed by atoms with E-state index >= 15 is 0 Å². The maximum atomic E-state index is 13.7. The number of thioether (sulfide) groups is 2. The fourth-order valence-electron chi connectivity index (χ4n) is 4.81. The summed E-state index contributed by atoms with van der Waals surface area (Å²) in [4.78, 5) is 35.3. The van der Waals surface area contributed by atoms with E-state index in [4.69, 9.17) is 0 Å². The SMILES string of the molecule is CCC(Sc1cccc(NC(=O)N2c3ccccc3SC3C=CC=CC32)c1)C(=O)Nc1nc(-c2ccc(Br)cc2)cs1. The van der Waals surface area contributed by atoms with Crippen LogP contribution in [0.15, 0.2) is 117 Å². The number of allylic oxidation sites excluding steroid dienone is 2. The van der Waals surface area contributed by atoms with E-state index in [1.54, 1.807) is 11.8 Å². The summed E-state index contributed by atoms with van der Waals surface area (Å²) in [6.45, 7) is 1.99. The van der Waals surface area contributed by atoms with Crippen molar-refractivity contribution in [1.82, 2.24) is 4.98 Å². The summed E-state index contributed by atoms with van der Waals surface area (Å²) in [6, 6.07) is 23.3. The van der Waals surface area contributed by atoms with E-state index < -0.39 is 0 Å². The van der Waals surface area contributed by atoms with Crippen molar-refractivity contribution in [3.63, 3.8) is 0 Å². The molecule has 0 radical (unpaired) electrons. The third-order valence-corrected chi connectivity index (χ3v) is 10.8. The van der Waals surface area contributed by atoms with Crippen molar-refractivity contribution in [3.05, 3.63) is 107 Å². The Morgan fingerprint density at radius 2 is 1.83 bits per heavy atom. The van der Waals surface area contributed by atoms with Crippen LogP contribution in [-0.2, 0) is 4.79 Å². The van der Waals surface area contributed by atoms with Crippen LogP contribution in [0.25, 0.3) is 11.3 Å². The predicted molar refractivity (Wildman–Crippen MR) is 180 cm³/mol. The van der Waals surface area contributed by atoms with Gasteiger partial charge in [0.25, 0.3) is 0 Å². The fraction of sp³-hybridized carbons (Fsp3) is 0.156. The molecule has 3 unspecified atom stereocenters. The van der Waals surface area contributed by atoms with Gasteiger partial charge in [0.2, 0.25) is 5.91 Å². The number of benzene rings is 3. The van der Waals surface area contributed by atoms with Crippen molar-refractivity contribution in [1.29, 1.82) is 0 Å². The smallest absolute Gasteiger partial charge is 0.307 e. The van der Waals surface area contributed by atoms with Crippen LogP contribution in [0.3, 0.4) is 0 Å². The van der Waals surface area contributed by atoms with Crippen LogP contribution < -0.4 is 15.5 Å². The molecule has 6 rings (SSSR count). The zero-order valence-electron chi connectivity index (χ0n) is 22.6. The van der Waals surface area contributed by atoms with Gasteiger partial charge in [-0.15, -0.1) is 34.9 Å². The number of carbonyl (C=O) groups excluding carboxylic acids is 2. The van der Waals surface area contributed by atoms with Gasteiger partial charge >= 0.3 is 6.03 Å². The number of hydrogen-bond acceptors (Lipinski definition) is 6. The molecule has 42 heavy (non-hydrogen) atoms. The topological polar surface area (TPSA) is 74.3 Å². The molecule has 0 bridgehead atoms. The van der Waals surface area contributed by atoms with E-state index in [9.17, 15) is 9.59 Å². The van der Waals surface area contributed by atoms with Crippen LogP contribution in [0, 0.1) is 0 Å². The van der Waals surface area contributed by atoms with Gasteiger partial charge < -0.3 is 10.6 Å². The van der Waals surface area contributed by atoms with Crippen LogP contribution in [0.4, 0.5) is 21.3 Å². The molecule has 212 valence electrons. The Morgan fingerprint density at radius 3 is 2.67 bits per heavy atom. The summed E-state index contributed by atoms with van der Waals surface area (Å²) in [5, 5.41) is 8.45. The zero-order valence-corrected chi connectivity index (χ0v) is 26.6. The highest BCUT2D eigenvalue weighted by atomic mass is 79.9. The van der Waals surface area contributed by atoms with Gasteiger partial charge in [0.05, 0.1) is 27.9 Å². The summed E-state index contributed by atoms with van der Waals surface area (Å²) in [5.74, 6) is -0.0979. The maximum Gasteiger partial charge on any atom is 0.326 e. The van der Waals surface area contributed by atoms with Gasteiger partial charge in [-0.25, -0.2) is 9.78 Å². The molecule has 2 N–H and O–H groups in total. The number of hydrogen-bond donors (Lipinski definition) is 2. The third kappa shape index (κ3) is 6.36. The molecular weight excluding hydrogens is 648 g/mol. The van der Waals surface area contributed by atoms with Crippen molar-refractivity contribution in [2.75, 3.05) is 15.5 Å². The molecule has 0 fully saturated rings. The largest absolute Gasteiger partial charge is 0.326 e. The summed E-state index contributed by atoms with van der Waals surface area (Å²) in [6.07, 6.45) is 8.90. The van der Waals surface area contributed by atoms with E-state index in [-0.39, 0.29) is 28.5 Å². The zero-order chi connectivity index (χ0) is 29.1. The lowest BCUT2D eigenvalue weighted by Crippen LogP contribution is -2.49. The highest BCUT2D eigenvalue weighted by Crippen LogP contribution is 2.43. The molecule has 10 heteroatoms. The molecular formula is C32H27BrN4O2S3. The molecule has 3 atom stereocenters. The minimum atomic E-state index is -0.318. The predicted octanol–water partition coefficient (Wildman–Crippen LogP) is 9.09. The first-order valence-corrected chi connectivity index (χ1v) is 16.9. The maximum absolute atomic E-state index is 13.7. The lowest BCUT2D eigenvalue weighted by Gasteiger charge is -2.40. The number of halogens is 1. The average Bonchev–Trinajstić information content (AvgIpc) is 3.47. The Bertz CT molecular complexity index is 1670. The fourth-order valence-corrected chi connectivity index (χ4v) is 8.07. The number of thiazole rings is 1. The highest BCUT2D eigenvalue weighted by molar-refractivity contribution is 9.10. The number of carbonyl (C=O) groups is 2. The molecule has 1 aliphatic carbocycles. The second kappa shape index (κ2) is 12.9. The second-order valence-electron chi connectivity index (χ2n) is 9.69. The first-order valence-electron chi connectivity index (χ1n) is 13.5. The number of rotatable bonds is 7. The molecule has 0 saturated carbocycles. The van der Waals surface area contributed by atoms with Crippen molar-refractivity contribution >= 4 is 79.2 Å². The Hall–Kier alpha value is -3.31. The standard InChI is InChI=1S/C32H27BrN4O2S3/c1-2-27(30(38)36-31-35-24(19-40-31)20-14-16-21(33)17-15-20)41-23-9-7-8-22(18-23)34-32(39)37-25-10-3-5-12-28(25)42-29-13-6-4-11-26(29)37/h3-19,25,27-28H,2H2,1H3,(H,34,39)(H,35,36,38). The number of anilines is 3. The Labute approximate surface area is 265 Å². The number of nitrogens with one attached hydrogen (secondary N) is 2. The quantitative estimate of drug-likeness (QED) is 0.191. The molecule has 2 aliphatic rings. The normalized spacial score (nSPS) is 17.7. The molecule has 0 spiro atoms. The molecule has 0 saturated heterocycles. The van der Waals surface area contributed by atoms with E-state index in [1.165, 1.54) is 23.1 Å². The summed E-state index contributed by atoms with van der Waals surface area (Å²) in [5.41, 5.74) is 3.41. The van der Waals surface area contributed by atoms with Crippen LogP contribution in [0.2, 0.25) is 0 Å². The van der Waals surface area contributed by atoms with Gasteiger partial charge in [-0.05, 0) is 48.9 Å². The van der Waals surface area contributed by atoms with Crippen LogP contribution in [-0.4, -0.2) is 33.5 Å². The molecule has 6 nitrogen and oxygen atoms in total. The van der Waals surface area contributed by atoms with Crippen molar-refractivity contribution in [2.45, 2.75) is 39.7 Å².